The molecule has 3 aliphatic rings. The number of hydrogen-bond acceptors (Lipinski definition) is 6. The number of amides is 1. The number of rotatable bonds is 8. The van der Waals surface area contributed by atoms with Crippen molar-refractivity contribution in [2.45, 2.75) is 31.5 Å². The maximum Gasteiger partial charge on any atom is 0.226 e. The van der Waals surface area contributed by atoms with Gasteiger partial charge in [-0.1, -0.05) is 29.8 Å². The molecule has 3 aliphatic heterocycles. The molecule has 2 aromatic rings. The fourth-order valence-electron chi connectivity index (χ4n) is 4.96. The van der Waals surface area contributed by atoms with Crippen LogP contribution in [0.2, 0.25) is 5.02 Å². The molecule has 2 fully saturated rings. The van der Waals surface area contributed by atoms with Gasteiger partial charge in [0.05, 0.1) is 12.0 Å². The monoisotopic (exact) mass is 485 g/mol. The van der Waals surface area contributed by atoms with Crippen molar-refractivity contribution < 1.29 is 19.4 Å². The summed E-state index contributed by atoms with van der Waals surface area (Å²) in [4.78, 5) is 17.7. The van der Waals surface area contributed by atoms with Crippen LogP contribution in [0.15, 0.2) is 42.5 Å². The Morgan fingerprint density at radius 3 is 2.47 bits per heavy atom. The maximum absolute atomic E-state index is 13.1. The predicted octanol–water partition coefficient (Wildman–Crippen LogP) is 2.86. The smallest absolute Gasteiger partial charge is 0.226 e. The Kier molecular flexibility index (Phi) is 7.25. The lowest BCUT2D eigenvalue weighted by Gasteiger charge is -2.39. The second kappa shape index (κ2) is 10.5. The number of hydrogen-bond donors (Lipinski definition) is 2. The van der Waals surface area contributed by atoms with E-state index in [1.54, 1.807) is 0 Å². The van der Waals surface area contributed by atoms with Crippen LogP contribution in [0.25, 0.3) is 0 Å². The third-order valence-corrected chi connectivity index (χ3v) is 7.17. The number of aliphatic hydroxyl groups is 1. The number of benzene rings is 2. The molecule has 2 aromatic carbocycles. The van der Waals surface area contributed by atoms with E-state index in [1.807, 2.05) is 42.5 Å². The van der Waals surface area contributed by atoms with Crippen molar-refractivity contribution in [2.24, 2.45) is 5.92 Å². The van der Waals surface area contributed by atoms with Crippen LogP contribution >= 0.6 is 11.6 Å². The van der Waals surface area contributed by atoms with Crippen molar-refractivity contribution in [3.05, 3.63) is 58.6 Å². The highest BCUT2D eigenvalue weighted by Crippen LogP contribution is 2.34. The van der Waals surface area contributed by atoms with Crippen LogP contribution in [0.1, 0.15) is 30.1 Å². The molecule has 34 heavy (non-hydrogen) atoms. The highest BCUT2D eigenvalue weighted by atomic mass is 35.5. The lowest BCUT2D eigenvalue weighted by atomic mass is 9.96. The number of carbonyl (C=O) groups excluding carboxylic acids is 1. The van der Waals surface area contributed by atoms with Gasteiger partial charge in [-0.3, -0.25) is 9.69 Å². The quantitative estimate of drug-likeness (QED) is 0.599. The molecule has 2 unspecified atom stereocenters. The molecule has 5 rings (SSSR count). The van der Waals surface area contributed by atoms with Crippen molar-refractivity contribution in [3.8, 4) is 11.5 Å². The first-order valence-corrected chi connectivity index (χ1v) is 12.5. The summed E-state index contributed by atoms with van der Waals surface area (Å²) in [6.07, 6.45) is 1.48. The van der Waals surface area contributed by atoms with Crippen LogP contribution in [0.3, 0.4) is 0 Å². The third-order valence-electron chi connectivity index (χ3n) is 6.92. The van der Waals surface area contributed by atoms with E-state index in [2.05, 4.69) is 15.1 Å². The van der Waals surface area contributed by atoms with E-state index in [1.165, 1.54) is 5.56 Å². The zero-order valence-corrected chi connectivity index (χ0v) is 20.0. The van der Waals surface area contributed by atoms with Gasteiger partial charge >= 0.3 is 0 Å². The number of carbonyl (C=O) groups is 1. The SMILES string of the molecule is O=C(NC(CN1CCCC1)C(O)c1ccc2c(c1)OCCO2)C1CN(Cc2ccc(Cl)cc2)C1. The van der Waals surface area contributed by atoms with Gasteiger partial charge in [0.15, 0.2) is 11.5 Å². The van der Waals surface area contributed by atoms with E-state index in [4.69, 9.17) is 21.1 Å². The Morgan fingerprint density at radius 1 is 1.03 bits per heavy atom. The fourth-order valence-corrected chi connectivity index (χ4v) is 5.08. The van der Waals surface area contributed by atoms with Crippen LogP contribution in [0, 0.1) is 5.92 Å². The lowest BCUT2D eigenvalue weighted by Crippen LogP contribution is -2.56. The number of likely N-dealkylation sites (tertiary alicyclic amines) is 2. The Balaban J connectivity index is 1.21. The van der Waals surface area contributed by atoms with Crippen LogP contribution in [-0.4, -0.2) is 72.8 Å². The molecule has 2 atom stereocenters. The van der Waals surface area contributed by atoms with Gasteiger partial charge in [-0.2, -0.15) is 0 Å². The zero-order valence-electron chi connectivity index (χ0n) is 19.3. The molecule has 2 saturated heterocycles. The highest BCUT2D eigenvalue weighted by Gasteiger charge is 2.35. The summed E-state index contributed by atoms with van der Waals surface area (Å²) in [6, 6.07) is 13.0. The summed E-state index contributed by atoms with van der Waals surface area (Å²) >= 11 is 5.97. The summed E-state index contributed by atoms with van der Waals surface area (Å²) < 4.78 is 11.3. The molecule has 0 bridgehead atoms. The fraction of sp³-hybridized carbons (Fsp3) is 0.500. The lowest BCUT2D eigenvalue weighted by molar-refractivity contribution is -0.132. The molecule has 0 saturated carbocycles. The molecule has 7 nitrogen and oxygen atoms in total. The first-order valence-electron chi connectivity index (χ1n) is 12.1. The van der Waals surface area contributed by atoms with Crippen molar-refractivity contribution in [3.63, 3.8) is 0 Å². The van der Waals surface area contributed by atoms with Gasteiger partial charge in [-0.25, -0.2) is 0 Å². The third kappa shape index (κ3) is 5.49. The number of nitrogens with one attached hydrogen (secondary N) is 1. The van der Waals surface area contributed by atoms with E-state index >= 15 is 0 Å². The first kappa shape index (κ1) is 23.4. The Bertz CT molecular complexity index is 990. The van der Waals surface area contributed by atoms with Gasteiger partial charge in [0, 0.05) is 31.2 Å². The zero-order chi connectivity index (χ0) is 23.5. The van der Waals surface area contributed by atoms with E-state index < -0.39 is 12.1 Å². The average Bonchev–Trinajstić information content (AvgIpc) is 3.34. The molecule has 0 aliphatic carbocycles. The van der Waals surface area contributed by atoms with Gasteiger partial charge in [0.25, 0.3) is 0 Å². The van der Waals surface area contributed by atoms with Crippen LogP contribution < -0.4 is 14.8 Å². The number of fused-ring (bicyclic) bond motifs is 1. The van der Waals surface area contributed by atoms with Crippen molar-refractivity contribution in [2.75, 3.05) is 45.9 Å². The Hall–Kier alpha value is -2.32. The van der Waals surface area contributed by atoms with Crippen molar-refractivity contribution in [1.29, 1.82) is 0 Å². The molecule has 0 aromatic heterocycles. The summed E-state index contributed by atoms with van der Waals surface area (Å²) in [6.45, 7) is 5.88. The highest BCUT2D eigenvalue weighted by molar-refractivity contribution is 6.30. The second-order valence-electron chi connectivity index (χ2n) is 9.49. The minimum absolute atomic E-state index is 0.00754. The molecular formula is C26H32ClN3O4. The molecule has 1 amide bonds. The second-order valence-corrected chi connectivity index (χ2v) is 9.92. The number of halogens is 1. The summed E-state index contributed by atoms with van der Waals surface area (Å²) in [5, 5.41) is 15.2. The van der Waals surface area contributed by atoms with E-state index in [0.29, 0.717) is 44.3 Å². The molecule has 0 spiro atoms. The predicted molar refractivity (Wildman–Crippen MR) is 130 cm³/mol. The Morgan fingerprint density at radius 2 is 1.74 bits per heavy atom. The van der Waals surface area contributed by atoms with Crippen molar-refractivity contribution >= 4 is 17.5 Å². The largest absolute Gasteiger partial charge is 0.486 e. The first-order chi connectivity index (χ1) is 16.5. The number of nitrogens with zero attached hydrogens (tertiary/aromatic N) is 2. The van der Waals surface area contributed by atoms with Crippen molar-refractivity contribution in [1.82, 2.24) is 15.1 Å². The summed E-state index contributed by atoms with van der Waals surface area (Å²) in [5.41, 5.74) is 1.91. The molecule has 8 heteroatoms. The molecule has 182 valence electrons. The van der Waals surface area contributed by atoms with Gasteiger partial charge in [0.1, 0.15) is 19.3 Å². The molecule has 2 N–H and O–H groups in total. The minimum Gasteiger partial charge on any atom is -0.486 e. The Labute approximate surface area is 205 Å². The molecule has 0 radical (unpaired) electrons. The number of aliphatic hydroxyl groups excluding tert-OH is 1. The van der Waals surface area contributed by atoms with Gasteiger partial charge in [-0.15, -0.1) is 0 Å². The van der Waals surface area contributed by atoms with Crippen LogP contribution in [0.4, 0.5) is 0 Å². The number of ether oxygens (including phenoxy) is 2. The van der Waals surface area contributed by atoms with E-state index in [-0.39, 0.29) is 11.8 Å². The molecule has 3 heterocycles. The standard InChI is InChI=1S/C26H32ClN3O4/c27-21-6-3-18(4-7-21)14-30-15-20(16-30)26(32)28-22(17-29-9-1-2-10-29)25(31)19-5-8-23-24(13-19)34-12-11-33-23/h3-8,13,20,22,25,31H,1-2,9-12,14-17H2,(H,28,32). The normalized spacial score (nSPS) is 20.5. The minimum atomic E-state index is -0.828. The van der Waals surface area contributed by atoms with E-state index in [9.17, 15) is 9.90 Å². The maximum atomic E-state index is 13.1. The van der Waals surface area contributed by atoms with Gasteiger partial charge in [0.2, 0.25) is 5.91 Å². The average molecular weight is 486 g/mol. The van der Waals surface area contributed by atoms with E-state index in [0.717, 1.165) is 43.1 Å². The van der Waals surface area contributed by atoms with Gasteiger partial charge < -0.3 is 24.8 Å². The summed E-state index contributed by atoms with van der Waals surface area (Å²) in [7, 11) is 0. The van der Waals surface area contributed by atoms with Crippen LogP contribution in [0.5, 0.6) is 11.5 Å². The topological polar surface area (TPSA) is 74.3 Å². The molecular weight excluding hydrogens is 454 g/mol. The van der Waals surface area contributed by atoms with Gasteiger partial charge in [-0.05, 0) is 61.3 Å². The summed E-state index contributed by atoms with van der Waals surface area (Å²) in [5.74, 6) is 1.28. The van der Waals surface area contributed by atoms with Crippen LogP contribution in [-0.2, 0) is 11.3 Å².